The zero-order chi connectivity index (χ0) is 17.1. The minimum absolute atomic E-state index is 0.0985. The molecule has 0 spiro atoms. The van der Waals surface area contributed by atoms with Gasteiger partial charge in [-0.2, -0.15) is 0 Å². The minimum atomic E-state index is 0.0985. The molecule has 23 heavy (non-hydrogen) atoms. The van der Waals surface area contributed by atoms with E-state index >= 15 is 0 Å². The van der Waals surface area contributed by atoms with Gasteiger partial charge in [0.1, 0.15) is 11.5 Å². The molecule has 1 radical (unpaired) electrons. The lowest BCUT2D eigenvalue weighted by Crippen LogP contribution is -2.14. The summed E-state index contributed by atoms with van der Waals surface area (Å²) in [5.41, 5.74) is 2.67. The van der Waals surface area contributed by atoms with Crippen LogP contribution in [-0.2, 0) is 10.8 Å². The summed E-state index contributed by atoms with van der Waals surface area (Å²) in [5, 5.41) is 0. The molecule has 0 atom stereocenters. The first-order chi connectivity index (χ1) is 10.7. The van der Waals surface area contributed by atoms with Gasteiger partial charge in [0.2, 0.25) is 0 Å². The molecule has 2 aromatic carbocycles. The van der Waals surface area contributed by atoms with Gasteiger partial charge in [0.15, 0.2) is 0 Å². The highest BCUT2D eigenvalue weighted by Crippen LogP contribution is 2.27. The molecule has 2 aromatic rings. The Bertz CT molecular complexity index is 594. The van der Waals surface area contributed by atoms with Gasteiger partial charge in [-0.3, -0.25) is 0 Å². The maximum atomic E-state index is 5.62. The predicted molar refractivity (Wildman–Crippen MR) is 97.3 cm³/mol. The molecule has 2 rings (SSSR count). The van der Waals surface area contributed by atoms with Gasteiger partial charge in [0.25, 0.3) is 0 Å². The van der Waals surface area contributed by atoms with E-state index in [4.69, 9.17) is 9.31 Å². The van der Waals surface area contributed by atoms with Crippen LogP contribution in [0.3, 0.4) is 0 Å². The van der Waals surface area contributed by atoms with Crippen molar-refractivity contribution in [3.05, 3.63) is 59.7 Å². The van der Waals surface area contributed by atoms with Crippen LogP contribution < -0.4 is 9.31 Å². The lowest BCUT2D eigenvalue weighted by molar-refractivity contribution is 0.455. The summed E-state index contributed by atoms with van der Waals surface area (Å²) in [6, 6.07) is 16.2. The second kappa shape index (κ2) is 6.70. The monoisotopic (exact) mass is 309 g/mol. The lowest BCUT2D eigenvalue weighted by Gasteiger charge is -2.20. The van der Waals surface area contributed by atoms with Crippen LogP contribution in [0.4, 0.5) is 0 Å². The van der Waals surface area contributed by atoms with E-state index in [0.29, 0.717) is 0 Å². The van der Waals surface area contributed by atoms with E-state index in [1.165, 1.54) is 18.8 Å². The van der Waals surface area contributed by atoms with Gasteiger partial charge in [-0.1, -0.05) is 65.8 Å². The highest BCUT2D eigenvalue weighted by Gasteiger charge is 2.15. The van der Waals surface area contributed by atoms with Crippen LogP contribution in [0.2, 0.25) is 0 Å². The minimum Gasteiger partial charge on any atom is -0.526 e. The van der Waals surface area contributed by atoms with Gasteiger partial charge in [0.05, 0.1) is 0 Å². The van der Waals surface area contributed by atoms with Crippen LogP contribution in [0.1, 0.15) is 52.7 Å². The SMILES string of the molecule is CC(C)(C)c1cccc(O[B]Oc2cccc(C(C)(C)C)c2)c1. The average molecular weight is 309 g/mol. The number of hydrogen-bond donors (Lipinski definition) is 0. The van der Waals surface area contributed by atoms with Crippen LogP contribution in [0.25, 0.3) is 0 Å². The molecule has 0 aliphatic rings. The Morgan fingerprint density at radius 2 is 1.04 bits per heavy atom. The lowest BCUT2D eigenvalue weighted by atomic mass is 9.87. The molecule has 2 nitrogen and oxygen atoms in total. The fourth-order valence-electron chi connectivity index (χ4n) is 2.21. The van der Waals surface area contributed by atoms with E-state index in [9.17, 15) is 0 Å². The van der Waals surface area contributed by atoms with E-state index in [2.05, 4.69) is 53.7 Å². The van der Waals surface area contributed by atoms with Crippen molar-refractivity contribution in [2.24, 2.45) is 0 Å². The van der Waals surface area contributed by atoms with Crippen molar-refractivity contribution in [2.45, 2.75) is 52.4 Å². The first-order valence-electron chi connectivity index (χ1n) is 8.02. The summed E-state index contributed by atoms with van der Waals surface area (Å²) in [7, 11) is 1.39. The fraction of sp³-hybridized carbons (Fsp3) is 0.400. The van der Waals surface area contributed by atoms with Gasteiger partial charge >= 0.3 is 7.69 Å². The molecule has 0 aliphatic carbocycles. The number of rotatable bonds is 4. The second-order valence-electron chi connectivity index (χ2n) is 7.89. The third-order valence-corrected chi connectivity index (χ3v) is 3.77. The Hall–Kier alpha value is -1.90. The molecule has 0 amide bonds. The molecule has 0 N–H and O–H groups in total. The fourth-order valence-corrected chi connectivity index (χ4v) is 2.21. The van der Waals surface area contributed by atoms with Crippen molar-refractivity contribution in [1.82, 2.24) is 0 Å². The maximum Gasteiger partial charge on any atom is 0.658 e. The van der Waals surface area contributed by atoms with Crippen LogP contribution >= 0.6 is 0 Å². The smallest absolute Gasteiger partial charge is 0.526 e. The molecular weight excluding hydrogens is 283 g/mol. The van der Waals surface area contributed by atoms with Crippen LogP contribution in [0, 0.1) is 0 Å². The van der Waals surface area contributed by atoms with E-state index in [0.717, 1.165) is 11.5 Å². The molecule has 0 aliphatic heterocycles. The maximum absolute atomic E-state index is 5.62. The normalized spacial score (nSPS) is 11.9. The van der Waals surface area contributed by atoms with Crippen molar-refractivity contribution < 1.29 is 9.31 Å². The van der Waals surface area contributed by atoms with Crippen molar-refractivity contribution in [3.8, 4) is 11.5 Å². The highest BCUT2D eigenvalue weighted by atomic mass is 16.6. The Labute approximate surface area is 141 Å². The van der Waals surface area contributed by atoms with Crippen LogP contribution in [0.5, 0.6) is 11.5 Å². The zero-order valence-corrected chi connectivity index (χ0v) is 15.0. The van der Waals surface area contributed by atoms with Gasteiger partial charge in [-0.05, 0) is 46.2 Å². The molecule has 0 saturated carbocycles. The first-order valence-corrected chi connectivity index (χ1v) is 8.02. The van der Waals surface area contributed by atoms with E-state index in [-0.39, 0.29) is 10.8 Å². The van der Waals surface area contributed by atoms with E-state index in [1.807, 2.05) is 36.4 Å². The van der Waals surface area contributed by atoms with E-state index in [1.54, 1.807) is 0 Å². The van der Waals surface area contributed by atoms with Gasteiger partial charge in [0, 0.05) is 0 Å². The topological polar surface area (TPSA) is 18.5 Å². The molecule has 0 heterocycles. The summed E-state index contributed by atoms with van der Waals surface area (Å²) in [6.07, 6.45) is 0. The third-order valence-electron chi connectivity index (χ3n) is 3.77. The quantitative estimate of drug-likeness (QED) is 0.716. The Morgan fingerprint density at radius 1 is 0.652 bits per heavy atom. The summed E-state index contributed by atoms with van der Waals surface area (Å²) in [4.78, 5) is 0. The van der Waals surface area contributed by atoms with Crippen molar-refractivity contribution in [3.63, 3.8) is 0 Å². The van der Waals surface area contributed by atoms with Crippen molar-refractivity contribution in [2.75, 3.05) is 0 Å². The van der Waals surface area contributed by atoms with Gasteiger partial charge in [-0.25, -0.2) is 0 Å². The molecule has 0 saturated heterocycles. The second-order valence-corrected chi connectivity index (χ2v) is 7.89. The van der Waals surface area contributed by atoms with Crippen LogP contribution in [0.15, 0.2) is 48.5 Å². The largest absolute Gasteiger partial charge is 0.658 e. The number of hydrogen-bond acceptors (Lipinski definition) is 2. The molecule has 0 fully saturated rings. The predicted octanol–water partition coefficient (Wildman–Crippen LogP) is 5.27. The Balaban J connectivity index is 1.98. The molecule has 0 bridgehead atoms. The van der Waals surface area contributed by atoms with Gasteiger partial charge in [-0.15, -0.1) is 0 Å². The summed E-state index contributed by atoms with van der Waals surface area (Å²) in [6.45, 7) is 13.1. The summed E-state index contributed by atoms with van der Waals surface area (Å²) < 4.78 is 11.2. The molecule has 0 unspecified atom stereocenters. The summed E-state index contributed by atoms with van der Waals surface area (Å²) in [5.74, 6) is 1.56. The van der Waals surface area contributed by atoms with Crippen LogP contribution in [-0.4, -0.2) is 7.69 Å². The zero-order valence-electron chi connectivity index (χ0n) is 15.0. The standard InChI is InChI=1S/C20H26BO2/c1-19(2,3)15-9-7-11-17(13-15)22-21-23-18-12-8-10-16(14-18)20(4,5)6/h7-14H,1-6H3. The van der Waals surface area contributed by atoms with E-state index < -0.39 is 0 Å². The number of benzene rings is 2. The van der Waals surface area contributed by atoms with Crippen molar-refractivity contribution in [1.29, 1.82) is 0 Å². The molecule has 3 heteroatoms. The van der Waals surface area contributed by atoms with Crippen molar-refractivity contribution >= 4 is 7.69 Å². The van der Waals surface area contributed by atoms with Gasteiger partial charge < -0.3 is 9.31 Å². The third kappa shape index (κ3) is 5.06. The molecule has 0 aromatic heterocycles. The highest BCUT2D eigenvalue weighted by molar-refractivity contribution is 6.20. The first kappa shape index (κ1) is 17.5. The average Bonchev–Trinajstić information content (AvgIpc) is 2.46. The Kier molecular flexibility index (Phi) is 5.08. The molecule has 121 valence electrons. The summed E-state index contributed by atoms with van der Waals surface area (Å²) >= 11 is 0. The Morgan fingerprint density at radius 3 is 1.39 bits per heavy atom. The molecular formula is C20H26BO2.